The van der Waals surface area contributed by atoms with Crippen LogP contribution in [0.1, 0.15) is 77.0 Å². The van der Waals surface area contributed by atoms with Crippen LogP contribution in [0.25, 0.3) is 0 Å². The van der Waals surface area contributed by atoms with Crippen molar-refractivity contribution in [3.8, 4) is 11.5 Å². The molecule has 2 aliphatic rings. The lowest BCUT2D eigenvalue weighted by Crippen LogP contribution is -2.47. The number of carbonyl (C=O) groups excluding carboxylic acids is 2. The molecule has 2 fully saturated rings. The first-order valence-corrected chi connectivity index (χ1v) is 12.2. The second-order valence-electron chi connectivity index (χ2n) is 9.02. The summed E-state index contributed by atoms with van der Waals surface area (Å²) in [4.78, 5) is 27.0. The number of urea groups is 1. The van der Waals surface area contributed by atoms with E-state index < -0.39 is 0 Å². The summed E-state index contributed by atoms with van der Waals surface area (Å²) in [5.41, 5.74) is 0.747. The van der Waals surface area contributed by atoms with E-state index in [1.807, 2.05) is 6.07 Å². The van der Waals surface area contributed by atoms with Crippen LogP contribution < -0.4 is 25.0 Å². The van der Waals surface area contributed by atoms with Gasteiger partial charge in [0.2, 0.25) is 5.91 Å². The fraction of sp³-hybridized carbons (Fsp3) is 0.680. The van der Waals surface area contributed by atoms with Crippen LogP contribution >= 0.6 is 0 Å². The first-order valence-electron chi connectivity index (χ1n) is 12.2. The molecule has 1 aromatic rings. The molecule has 0 bridgehead atoms. The molecule has 1 saturated carbocycles. The standard InChI is InChI=1S/C25H39N3O4/c1-31-22-15-14-21(17-23(22)32-2)28-18-20(16-24(28)29)27-25(30)26-19-12-10-8-6-4-3-5-7-9-11-13-19/h14-15,17,19-20H,3-13,16,18H2,1-2H3,(H2,26,27,30). The molecular weight excluding hydrogens is 406 g/mol. The van der Waals surface area contributed by atoms with Crippen molar-refractivity contribution >= 4 is 17.6 Å². The van der Waals surface area contributed by atoms with Crippen LogP contribution in [0.3, 0.4) is 0 Å². The number of hydrogen-bond acceptors (Lipinski definition) is 4. The Kier molecular flexibility index (Phi) is 9.50. The highest BCUT2D eigenvalue weighted by molar-refractivity contribution is 5.97. The van der Waals surface area contributed by atoms with Crippen LogP contribution in [0.4, 0.5) is 10.5 Å². The van der Waals surface area contributed by atoms with E-state index in [0.29, 0.717) is 24.5 Å². The number of hydrogen-bond donors (Lipinski definition) is 2. The Morgan fingerprint density at radius 1 is 0.844 bits per heavy atom. The van der Waals surface area contributed by atoms with Gasteiger partial charge in [0.15, 0.2) is 11.5 Å². The summed E-state index contributed by atoms with van der Waals surface area (Å²) in [6.45, 7) is 0.451. The maximum Gasteiger partial charge on any atom is 0.315 e. The molecule has 0 aromatic heterocycles. The van der Waals surface area contributed by atoms with Crippen LogP contribution in [0.15, 0.2) is 18.2 Å². The second kappa shape index (κ2) is 12.6. The molecule has 3 rings (SSSR count). The monoisotopic (exact) mass is 445 g/mol. The predicted molar refractivity (Wildman–Crippen MR) is 127 cm³/mol. The Labute approximate surface area is 192 Å². The van der Waals surface area contributed by atoms with E-state index in [4.69, 9.17) is 9.47 Å². The average Bonchev–Trinajstić information content (AvgIpc) is 3.14. The third-order valence-electron chi connectivity index (χ3n) is 6.58. The smallest absolute Gasteiger partial charge is 0.315 e. The number of anilines is 1. The number of rotatable bonds is 5. The van der Waals surface area contributed by atoms with Gasteiger partial charge in [0, 0.05) is 30.8 Å². The zero-order chi connectivity index (χ0) is 22.8. The molecular formula is C25H39N3O4. The normalized spacial score (nSPS) is 21.4. The zero-order valence-corrected chi connectivity index (χ0v) is 19.7. The molecule has 1 aromatic carbocycles. The quantitative estimate of drug-likeness (QED) is 0.683. The average molecular weight is 446 g/mol. The van der Waals surface area contributed by atoms with E-state index >= 15 is 0 Å². The van der Waals surface area contributed by atoms with Crippen LogP contribution in [0.2, 0.25) is 0 Å². The molecule has 3 amide bonds. The maximum atomic E-state index is 12.7. The lowest BCUT2D eigenvalue weighted by molar-refractivity contribution is -0.117. The Hall–Kier alpha value is -2.44. The fourth-order valence-electron chi connectivity index (χ4n) is 4.77. The summed E-state index contributed by atoms with van der Waals surface area (Å²) in [6, 6.07) is 5.28. The molecule has 1 heterocycles. The number of carbonyl (C=O) groups is 2. The molecule has 32 heavy (non-hydrogen) atoms. The van der Waals surface area contributed by atoms with Gasteiger partial charge in [-0.1, -0.05) is 57.8 Å². The highest BCUT2D eigenvalue weighted by Crippen LogP contribution is 2.33. The van der Waals surface area contributed by atoms with Crippen LogP contribution in [0, 0.1) is 0 Å². The van der Waals surface area contributed by atoms with Gasteiger partial charge < -0.3 is 25.0 Å². The molecule has 2 N–H and O–H groups in total. The molecule has 0 spiro atoms. The lowest BCUT2D eigenvalue weighted by Gasteiger charge is -2.22. The van der Waals surface area contributed by atoms with Crippen molar-refractivity contribution in [3.63, 3.8) is 0 Å². The first-order chi connectivity index (χ1) is 15.6. The topological polar surface area (TPSA) is 79.9 Å². The van der Waals surface area contributed by atoms with Gasteiger partial charge in [0.05, 0.1) is 20.3 Å². The summed E-state index contributed by atoms with van der Waals surface area (Å²) in [7, 11) is 3.16. The molecule has 178 valence electrons. The van der Waals surface area contributed by atoms with Crippen molar-refractivity contribution in [2.75, 3.05) is 25.7 Å². The Balaban J connectivity index is 1.52. The van der Waals surface area contributed by atoms with Gasteiger partial charge in [-0.25, -0.2) is 4.79 Å². The van der Waals surface area contributed by atoms with Crippen molar-refractivity contribution in [1.82, 2.24) is 10.6 Å². The van der Waals surface area contributed by atoms with Gasteiger partial charge >= 0.3 is 6.03 Å². The van der Waals surface area contributed by atoms with E-state index in [-0.39, 0.29) is 24.0 Å². The second-order valence-corrected chi connectivity index (χ2v) is 9.02. The van der Waals surface area contributed by atoms with Crippen molar-refractivity contribution in [3.05, 3.63) is 18.2 Å². The lowest BCUT2D eigenvalue weighted by atomic mass is 9.98. The third-order valence-corrected chi connectivity index (χ3v) is 6.58. The van der Waals surface area contributed by atoms with Gasteiger partial charge in [-0.15, -0.1) is 0 Å². The Bertz CT molecular complexity index is 743. The Morgan fingerprint density at radius 3 is 2.00 bits per heavy atom. The Morgan fingerprint density at radius 2 is 1.41 bits per heavy atom. The minimum atomic E-state index is -0.207. The van der Waals surface area contributed by atoms with E-state index in [2.05, 4.69) is 10.6 Å². The van der Waals surface area contributed by atoms with Crippen LogP contribution in [-0.4, -0.2) is 44.8 Å². The molecule has 7 nitrogen and oxygen atoms in total. The molecule has 7 heteroatoms. The summed E-state index contributed by atoms with van der Waals surface area (Å²) < 4.78 is 10.6. The first kappa shape index (κ1) is 24.2. The predicted octanol–water partition coefficient (Wildman–Crippen LogP) is 4.78. The number of nitrogens with zero attached hydrogens (tertiary/aromatic N) is 1. The zero-order valence-electron chi connectivity index (χ0n) is 19.7. The van der Waals surface area contributed by atoms with E-state index in [1.165, 1.54) is 57.8 Å². The van der Waals surface area contributed by atoms with Crippen molar-refractivity contribution < 1.29 is 19.1 Å². The fourth-order valence-corrected chi connectivity index (χ4v) is 4.77. The van der Waals surface area contributed by atoms with Crippen molar-refractivity contribution in [2.45, 2.75) is 89.1 Å². The highest BCUT2D eigenvalue weighted by atomic mass is 16.5. The van der Waals surface area contributed by atoms with Crippen LogP contribution in [-0.2, 0) is 4.79 Å². The van der Waals surface area contributed by atoms with Gasteiger partial charge in [-0.2, -0.15) is 0 Å². The number of methoxy groups -OCH3 is 2. The third kappa shape index (κ3) is 7.04. The molecule has 1 unspecified atom stereocenters. The van der Waals surface area contributed by atoms with Crippen LogP contribution in [0.5, 0.6) is 11.5 Å². The minimum absolute atomic E-state index is 0.00599. The molecule has 1 saturated heterocycles. The number of ether oxygens (including phenoxy) is 2. The number of amides is 3. The molecule has 1 atom stereocenters. The maximum absolute atomic E-state index is 12.7. The van der Waals surface area contributed by atoms with Gasteiger partial charge in [0.1, 0.15) is 0 Å². The summed E-state index contributed by atoms with van der Waals surface area (Å²) in [5, 5.41) is 6.21. The molecule has 1 aliphatic carbocycles. The molecule has 1 aliphatic heterocycles. The van der Waals surface area contributed by atoms with Crippen molar-refractivity contribution in [1.29, 1.82) is 0 Å². The summed E-state index contributed by atoms with van der Waals surface area (Å²) in [5.74, 6) is 1.19. The summed E-state index contributed by atoms with van der Waals surface area (Å²) >= 11 is 0. The van der Waals surface area contributed by atoms with Gasteiger partial charge in [-0.05, 0) is 25.0 Å². The van der Waals surface area contributed by atoms with E-state index in [0.717, 1.165) is 18.5 Å². The highest BCUT2D eigenvalue weighted by Gasteiger charge is 2.32. The van der Waals surface area contributed by atoms with Gasteiger partial charge in [0.25, 0.3) is 0 Å². The summed E-state index contributed by atoms with van der Waals surface area (Å²) in [6.07, 6.45) is 13.8. The van der Waals surface area contributed by atoms with E-state index in [9.17, 15) is 9.59 Å². The van der Waals surface area contributed by atoms with Crippen molar-refractivity contribution in [2.24, 2.45) is 0 Å². The largest absolute Gasteiger partial charge is 0.493 e. The van der Waals surface area contributed by atoms with Gasteiger partial charge in [-0.3, -0.25) is 4.79 Å². The van der Waals surface area contributed by atoms with E-state index in [1.54, 1.807) is 31.3 Å². The molecule has 0 radical (unpaired) electrons. The number of nitrogens with one attached hydrogen (secondary N) is 2. The number of benzene rings is 1. The SMILES string of the molecule is COc1ccc(N2CC(NC(=O)NC3CCCCCCCCCCC3)CC2=O)cc1OC. The minimum Gasteiger partial charge on any atom is -0.493 e.